The Bertz CT molecular complexity index is 1550. The van der Waals surface area contributed by atoms with Crippen LogP contribution in [-0.2, 0) is 4.79 Å². The van der Waals surface area contributed by atoms with Crippen molar-refractivity contribution in [2.45, 2.75) is 53.0 Å². The summed E-state index contributed by atoms with van der Waals surface area (Å²) in [4.78, 5) is 33.3. The Kier molecular flexibility index (Phi) is 7.08. The SMILES string of the molecule is CCCCCOc1ccc(C2C(C(=O)c3ccc(C)o3)=C(O)C(=O)N2c2nc3c(C)cc(C)cc3s2)cc1. The summed E-state index contributed by atoms with van der Waals surface area (Å²) in [5.41, 5.74) is 3.50. The number of hydrogen-bond donors (Lipinski definition) is 1. The van der Waals surface area contributed by atoms with Gasteiger partial charge < -0.3 is 14.3 Å². The van der Waals surface area contributed by atoms with Crippen molar-refractivity contribution in [1.82, 2.24) is 4.98 Å². The minimum absolute atomic E-state index is 0.0341. The van der Waals surface area contributed by atoms with Crippen LogP contribution in [0.25, 0.3) is 10.2 Å². The molecule has 0 spiro atoms. The Labute approximate surface area is 225 Å². The summed E-state index contributed by atoms with van der Waals surface area (Å²) in [6, 6.07) is 13.7. The number of thiazole rings is 1. The fraction of sp³-hybridized carbons (Fsp3) is 0.300. The Hall–Kier alpha value is -3.91. The smallest absolute Gasteiger partial charge is 0.296 e. The van der Waals surface area contributed by atoms with Gasteiger partial charge in [-0.25, -0.2) is 4.98 Å². The number of fused-ring (bicyclic) bond motifs is 1. The number of rotatable bonds is 9. The molecular weight excluding hydrogens is 500 g/mol. The number of ketones is 1. The van der Waals surface area contributed by atoms with Crippen LogP contribution in [0.15, 0.2) is 64.3 Å². The largest absolute Gasteiger partial charge is 0.503 e. The highest BCUT2D eigenvalue weighted by molar-refractivity contribution is 7.22. The molecule has 38 heavy (non-hydrogen) atoms. The lowest BCUT2D eigenvalue weighted by Gasteiger charge is -2.24. The second-order valence-corrected chi connectivity index (χ2v) is 10.6. The number of amides is 1. The minimum atomic E-state index is -0.878. The van der Waals surface area contributed by atoms with Gasteiger partial charge in [0.05, 0.1) is 28.4 Å². The van der Waals surface area contributed by atoms with Gasteiger partial charge in [-0.05, 0) is 74.2 Å². The quantitative estimate of drug-likeness (QED) is 0.182. The van der Waals surface area contributed by atoms with E-state index in [1.54, 1.807) is 19.1 Å². The molecule has 0 saturated carbocycles. The molecule has 1 amide bonds. The maximum atomic E-state index is 13.6. The van der Waals surface area contributed by atoms with Gasteiger partial charge in [0.1, 0.15) is 11.5 Å². The summed E-state index contributed by atoms with van der Waals surface area (Å²) in [7, 11) is 0. The number of aliphatic hydroxyl groups excluding tert-OH is 1. The van der Waals surface area contributed by atoms with Crippen LogP contribution < -0.4 is 9.64 Å². The second kappa shape index (κ2) is 10.5. The molecule has 1 unspecified atom stereocenters. The predicted molar refractivity (Wildman–Crippen MR) is 148 cm³/mol. The Morgan fingerprint density at radius 3 is 2.55 bits per heavy atom. The molecule has 7 nitrogen and oxygen atoms in total. The van der Waals surface area contributed by atoms with Crippen LogP contribution in [0.2, 0.25) is 0 Å². The van der Waals surface area contributed by atoms with Crippen molar-refractivity contribution in [1.29, 1.82) is 0 Å². The number of benzene rings is 2. The van der Waals surface area contributed by atoms with Crippen molar-refractivity contribution in [3.05, 3.63) is 88.1 Å². The molecule has 1 aliphatic heterocycles. The molecule has 0 fully saturated rings. The fourth-order valence-corrected chi connectivity index (χ4v) is 5.96. The molecule has 196 valence electrons. The molecule has 5 rings (SSSR count). The Balaban J connectivity index is 1.57. The van der Waals surface area contributed by atoms with E-state index in [2.05, 4.69) is 6.92 Å². The number of Topliss-reactive ketones (excluding diaryl/α,β-unsaturated/α-hetero) is 1. The summed E-state index contributed by atoms with van der Waals surface area (Å²) in [6.07, 6.45) is 3.18. The number of unbranched alkanes of at least 4 members (excludes halogenated alkanes) is 2. The van der Waals surface area contributed by atoms with Crippen molar-refractivity contribution < 1.29 is 23.8 Å². The van der Waals surface area contributed by atoms with Gasteiger partial charge in [-0.2, -0.15) is 0 Å². The van der Waals surface area contributed by atoms with E-state index in [0.29, 0.717) is 28.8 Å². The van der Waals surface area contributed by atoms with E-state index < -0.39 is 23.5 Å². The van der Waals surface area contributed by atoms with E-state index in [4.69, 9.17) is 14.1 Å². The monoisotopic (exact) mass is 530 g/mol. The van der Waals surface area contributed by atoms with Gasteiger partial charge in [0, 0.05) is 0 Å². The van der Waals surface area contributed by atoms with Crippen LogP contribution in [0.3, 0.4) is 0 Å². The first-order valence-corrected chi connectivity index (χ1v) is 13.6. The average molecular weight is 531 g/mol. The topological polar surface area (TPSA) is 92.9 Å². The lowest BCUT2D eigenvalue weighted by molar-refractivity contribution is -0.117. The molecule has 2 aromatic heterocycles. The first-order valence-electron chi connectivity index (χ1n) is 12.8. The highest BCUT2D eigenvalue weighted by atomic mass is 32.1. The number of carbonyl (C=O) groups is 2. The summed E-state index contributed by atoms with van der Waals surface area (Å²) in [6.45, 7) is 8.48. The predicted octanol–water partition coefficient (Wildman–Crippen LogP) is 7.17. The van der Waals surface area contributed by atoms with Crippen molar-refractivity contribution >= 4 is 38.4 Å². The van der Waals surface area contributed by atoms with E-state index >= 15 is 0 Å². The van der Waals surface area contributed by atoms with Crippen LogP contribution in [-0.4, -0.2) is 28.4 Å². The van der Waals surface area contributed by atoms with Gasteiger partial charge in [0.25, 0.3) is 5.91 Å². The number of ether oxygens (including phenoxy) is 1. The molecule has 0 bridgehead atoms. The Morgan fingerprint density at radius 1 is 1.11 bits per heavy atom. The first-order chi connectivity index (χ1) is 18.3. The van der Waals surface area contributed by atoms with E-state index in [9.17, 15) is 14.7 Å². The van der Waals surface area contributed by atoms with Gasteiger partial charge in [-0.1, -0.05) is 49.3 Å². The standard InChI is InChI=1S/C30H30N2O5S/c1-5-6-7-14-36-21-11-9-20(10-12-21)26-24(27(33)22-13-8-19(4)37-22)28(34)29(35)32(26)30-31-25-18(3)15-17(2)16-23(25)38-30/h8-13,15-16,26,34H,5-7,14H2,1-4H3. The van der Waals surface area contributed by atoms with Crippen LogP contribution >= 0.6 is 11.3 Å². The lowest BCUT2D eigenvalue weighted by Crippen LogP contribution is -2.30. The molecule has 3 heterocycles. The number of aromatic nitrogens is 1. The van der Waals surface area contributed by atoms with Gasteiger partial charge in [0.2, 0.25) is 5.78 Å². The van der Waals surface area contributed by atoms with E-state index in [-0.39, 0.29) is 11.3 Å². The molecule has 1 aliphatic rings. The average Bonchev–Trinajstić information content (AvgIpc) is 3.58. The number of hydrogen-bond acceptors (Lipinski definition) is 7. The zero-order valence-corrected chi connectivity index (χ0v) is 22.7. The number of anilines is 1. The van der Waals surface area contributed by atoms with Crippen LogP contribution in [0.5, 0.6) is 5.75 Å². The number of aliphatic hydroxyl groups is 1. The van der Waals surface area contributed by atoms with Crippen LogP contribution in [0, 0.1) is 20.8 Å². The highest BCUT2D eigenvalue weighted by Gasteiger charge is 2.46. The fourth-order valence-electron chi connectivity index (χ4n) is 4.79. The lowest BCUT2D eigenvalue weighted by atomic mass is 9.95. The van der Waals surface area contributed by atoms with Crippen molar-refractivity contribution in [3.8, 4) is 5.75 Å². The summed E-state index contributed by atoms with van der Waals surface area (Å²) in [5.74, 6) is -0.474. The van der Waals surface area contributed by atoms with Crippen molar-refractivity contribution in [2.24, 2.45) is 0 Å². The molecule has 1 atom stereocenters. The van der Waals surface area contributed by atoms with E-state index in [1.807, 2.05) is 50.2 Å². The molecule has 8 heteroatoms. The van der Waals surface area contributed by atoms with Gasteiger partial charge in [-0.15, -0.1) is 0 Å². The normalized spacial score (nSPS) is 15.6. The van der Waals surface area contributed by atoms with E-state index in [0.717, 1.165) is 40.6 Å². The zero-order chi connectivity index (χ0) is 27.0. The molecule has 1 N–H and O–H groups in total. The third-order valence-electron chi connectivity index (χ3n) is 6.65. The first kappa shape index (κ1) is 25.7. The molecule has 2 aromatic carbocycles. The summed E-state index contributed by atoms with van der Waals surface area (Å²) in [5, 5.41) is 11.4. The van der Waals surface area contributed by atoms with Crippen molar-refractivity contribution in [2.75, 3.05) is 11.5 Å². The Morgan fingerprint density at radius 2 is 1.87 bits per heavy atom. The maximum absolute atomic E-state index is 13.6. The summed E-state index contributed by atoms with van der Waals surface area (Å²) < 4.78 is 12.4. The van der Waals surface area contributed by atoms with Gasteiger partial charge in [-0.3, -0.25) is 14.5 Å². The summed E-state index contributed by atoms with van der Waals surface area (Å²) >= 11 is 1.36. The number of nitrogens with zero attached hydrogens (tertiary/aromatic N) is 2. The molecule has 0 radical (unpaired) electrons. The van der Waals surface area contributed by atoms with Crippen LogP contribution in [0.4, 0.5) is 5.13 Å². The highest BCUT2D eigenvalue weighted by Crippen LogP contribution is 2.45. The van der Waals surface area contributed by atoms with Crippen molar-refractivity contribution in [3.63, 3.8) is 0 Å². The number of aryl methyl sites for hydroxylation is 3. The third-order valence-corrected chi connectivity index (χ3v) is 7.66. The second-order valence-electron chi connectivity index (χ2n) is 9.63. The van der Waals surface area contributed by atoms with Gasteiger partial charge >= 0.3 is 0 Å². The maximum Gasteiger partial charge on any atom is 0.296 e. The van der Waals surface area contributed by atoms with Crippen LogP contribution in [0.1, 0.15) is 65.2 Å². The van der Waals surface area contributed by atoms with E-state index in [1.165, 1.54) is 16.2 Å². The molecule has 4 aromatic rings. The molecule has 0 aliphatic carbocycles. The number of furan rings is 1. The zero-order valence-electron chi connectivity index (χ0n) is 21.9. The number of carbonyl (C=O) groups excluding carboxylic acids is 2. The minimum Gasteiger partial charge on any atom is -0.503 e. The molecule has 0 saturated heterocycles. The third kappa shape index (κ3) is 4.72. The molecular formula is C30H30N2O5S. The van der Waals surface area contributed by atoms with Gasteiger partial charge in [0.15, 0.2) is 16.7 Å².